The van der Waals surface area contributed by atoms with E-state index < -0.39 is 11.6 Å². The minimum atomic E-state index is -0.723. The molecular weight excluding hydrogens is 440 g/mol. The molecule has 3 aliphatic rings. The van der Waals surface area contributed by atoms with Crippen LogP contribution in [0.15, 0.2) is 17.1 Å². The molecule has 2 atom stereocenters. The van der Waals surface area contributed by atoms with E-state index >= 15 is 0 Å². The van der Waals surface area contributed by atoms with Gasteiger partial charge in [-0.05, 0) is 57.4 Å². The Balaban J connectivity index is 0.000000396. The van der Waals surface area contributed by atoms with Crippen LogP contribution in [-0.4, -0.2) is 82.0 Å². The molecule has 0 spiro atoms. The number of aliphatic imine (C=N–C) groups is 1. The van der Waals surface area contributed by atoms with E-state index in [4.69, 9.17) is 9.47 Å². The lowest BCUT2D eigenvalue weighted by Gasteiger charge is -2.34. The van der Waals surface area contributed by atoms with E-state index in [0.717, 1.165) is 50.3 Å². The van der Waals surface area contributed by atoms with Crippen LogP contribution in [0.1, 0.15) is 38.2 Å². The molecule has 2 aliphatic heterocycles. The van der Waals surface area contributed by atoms with Crippen molar-refractivity contribution in [2.75, 3.05) is 54.0 Å². The zero-order chi connectivity index (χ0) is 24.7. The average molecular weight is 480 g/mol. The summed E-state index contributed by atoms with van der Waals surface area (Å²) < 4.78 is 38.2. The Labute approximate surface area is 202 Å². The molecule has 0 N–H and O–H groups in total. The number of amidine groups is 1. The lowest BCUT2D eigenvalue weighted by molar-refractivity contribution is -0.107. The van der Waals surface area contributed by atoms with Crippen LogP contribution >= 0.6 is 0 Å². The third kappa shape index (κ3) is 7.22. The Kier molecular flexibility index (Phi) is 9.83. The van der Waals surface area contributed by atoms with Gasteiger partial charge in [-0.25, -0.2) is 8.78 Å². The molecule has 190 valence electrons. The number of ether oxygens (including phenoxy) is 2. The molecule has 34 heavy (non-hydrogen) atoms. The minimum absolute atomic E-state index is 0.194. The fourth-order valence-electron chi connectivity index (χ4n) is 5.03. The molecule has 0 radical (unpaired) electrons. The van der Waals surface area contributed by atoms with Crippen molar-refractivity contribution in [1.82, 2.24) is 9.80 Å². The van der Waals surface area contributed by atoms with Gasteiger partial charge in [-0.2, -0.15) is 0 Å². The number of nitrogens with zero attached hydrogens (tertiary/aromatic N) is 3. The smallest absolute Gasteiger partial charge is 0.133 e. The molecule has 2 heterocycles. The van der Waals surface area contributed by atoms with Gasteiger partial charge >= 0.3 is 0 Å². The van der Waals surface area contributed by atoms with E-state index in [2.05, 4.69) is 28.8 Å². The number of rotatable bonds is 8. The van der Waals surface area contributed by atoms with Crippen molar-refractivity contribution in [3.63, 3.8) is 0 Å². The standard InChI is InChI=1S/C21H28F2N2O2.C5H11NO/c1-14(24-2)25-7-3-15(4-8-25)19-11-16(19)6-10-27-17-12-20(22)18(5-9-26)21(23)13-17;1-6-3-5(4-6)7-2/h9,12-13,15-16,19H,3-8,10-11H2,1-2H3;5H,3-4H2,1-2H3. The summed E-state index contributed by atoms with van der Waals surface area (Å²) >= 11 is 0. The van der Waals surface area contributed by atoms with Gasteiger partial charge in [-0.15, -0.1) is 0 Å². The van der Waals surface area contributed by atoms with E-state index in [1.807, 2.05) is 7.05 Å². The van der Waals surface area contributed by atoms with Crippen LogP contribution in [0, 0.1) is 29.4 Å². The quantitative estimate of drug-likeness (QED) is 0.322. The van der Waals surface area contributed by atoms with Crippen molar-refractivity contribution in [3.05, 3.63) is 29.3 Å². The highest BCUT2D eigenvalue weighted by molar-refractivity contribution is 5.79. The highest BCUT2D eigenvalue weighted by Gasteiger charge is 2.43. The second-order valence-corrected chi connectivity index (χ2v) is 9.71. The summed E-state index contributed by atoms with van der Waals surface area (Å²) in [6.45, 7) is 6.91. The number of halogens is 2. The maximum atomic E-state index is 13.8. The Morgan fingerprint density at radius 1 is 1.21 bits per heavy atom. The van der Waals surface area contributed by atoms with Gasteiger partial charge in [0.15, 0.2) is 0 Å². The molecule has 3 fully saturated rings. The molecule has 1 aromatic carbocycles. The molecular formula is C26H39F2N3O3. The number of piperidine rings is 1. The first-order chi connectivity index (χ1) is 16.4. The maximum Gasteiger partial charge on any atom is 0.133 e. The Hall–Kier alpha value is -2.06. The number of hydrogen-bond acceptors (Lipinski definition) is 5. The highest BCUT2D eigenvalue weighted by atomic mass is 19.1. The van der Waals surface area contributed by atoms with Gasteiger partial charge in [-0.1, -0.05) is 0 Å². The lowest BCUT2D eigenvalue weighted by atomic mass is 9.90. The summed E-state index contributed by atoms with van der Waals surface area (Å²) in [6, 6.07) is 2.33. The molecule has 0 bridgehead atoms. The van der Waals surface area contributed by atoms with Crippen molar-refractivity contribution < 1.29 is 23.0 Å². The number of likely N-dealkylation sites (tertiary alicyclic amines) is 2. The fraction of sp³-hybridized carbons (Fsp3) is 0.692. The van der Waals surface area contributed by atoms with Gasteiger partial charge in [0.05, 0.1) is 18.5 Å². The predicted molar refractivity (Wildman–Crippen MR) is 129 cm³/mol. The van der Waals surface area contributed by atoms with E-state index in [9.17, 15) is 13.6 Å². The maximum absolute atomic E-state index is 13.8. The Morgan fingerprint density at radius 3 is 2.35 bits per heavy atom. The summed E-state index contributed by atoms with van der Waals surface area (Å²) in [7, 11) is 5.69. The number of likely N-dealkylation sites (N-methyl/N-ethyl adjacent to an activating group) is 1. The van der Waals surface area contributed by atoms with Crippen molar-refractivity contribution in [3.8, 4) is 5.75 Å². The van der Waals surface area contributed by atoms with E-state index in [1.54, 1.807) is 7.11 Å². The average Bonchev–Trinajstić information content (AvgIpc) is 3.59. The zero-order valence-electron chi connectivity index (χ0n) is 20.9. The first-order valence-corrected chi connectivity index (χ1v) is 12.3. The van der Waals surface area contributed by atoms with E-state index in [0.29, 0.717) is 24.9 Å². The topological polar surface area (TPSA) is 54.4 Å². The van der Waals surface area contributed by atoms with Crippen molar-refractivity contribution in [2.45, 2.75) is 45.1 Å². The molecule has 1 aromatic rings. The van der Waals surface area contributed by atoms with Crippen LogP contribution in [0.25, 0.3) is 0 Å². The fourth-order valence-corrected chi connectivity index (χ4v) is 5.03. The summed E-state index contributed by atoms with van der Waals surface area (Å²) in [5.74, 6) is 2.06. The molecule has 0 amide bonds. The number of carbonyl (C=O) groups is 1. The Morgan fingerprint density at radius 2 is 1.85 bits per heavy atom. The van der Waals surface area contributed by atoms with Gasteiger partial charge in [0.1, 0.15) is 23.7 Å². The van der Waals surface area contributed by atoms with E-state index in [-0.39, 0.29) is 17.7 Å². The zero-order valence-corrected chi connectivity index (χ0v) is 20.9. The first kappa shape index (κ1) is 26.5. The summed E-state index contributed by atoms with van der Waals surface area (Å²) in [5.41, 5.74) is -0.200. The molecule has 6 nitrogen and oxygen atoms in total. The second-order valence-electron chi connectivity index (χ2n) is 9.71. The largest absolute Gasteiger partial charge is 0.493 e. The summed E-state index contributed by atoms with van der Waals surface area (Å²) in [6.07, 6.45) is 5.33. The third-order valence-corrected chi connectivity index (χ3v) is 7.43. The van der Waals surface area contributed by atoms with E-state index in [1.165, 1.54) is 31.4 Å². The molecule has 2 unspecified atom stereocenters. The molecule has 1 saturated carbocycles. The molecule has 0 aromatic heterocycles. The van der Waals surface area contributed by atoms with Gasteiger partial charge in [0.2, 0.25) is 0 Å². The molecule has 1 aliphatic carbocycles. The number of methoxy groups -OCH3 is 1. The van der Waals surface area contributed by atoms with Crippen LogP contribution in [0.3, 0.4) is 0 Å². The number of carbonyl (C=O) groups excluding carboxylic acids is 1. The number of aldehydes is 1. The normalized spacial score (nSPS) is 23.7. The number of hydrogen-bond donors (Lipinski definition) is 0. The van der Waals surface area contributed by atoms with Gasteiger partial charge in [0, 0.05) is 64.5 Å². The summed E-state index contributed by atoms with van der Waals surface area (Å²) in [4.78, 5) is 19.3. The minimum Gasteiger partial charge on any atom is -0.493 e. The predicted octanol–water partition coefficient (Wildman–Crippen LogP) is 3.82. The molecule has 8 heteroatoms. The van der Waals surface area contributed by atoms with Crippen molar-refractivity contribution in [2.24, 2.45) is 22.7 Å². The van der Waals surface area contributed by atoms with Gasteiger partial charge < -0.3 is 24.1 Å². The van der Waals surface area contributed by atoms with Gasteiger partial charge in [-0.3, -0.25) is 4.99 Å². The SMILES string of the molecule is CN=C(C)N1CCC(C2CC2CCOc2cc(F)c(CC=O)c(F)c2)CC1.COC1CN(C)C1. The van der Waals surface area contributed by atoms with Crippen molar-refractivity contribution in [1.29, 1.82) is 0 Å². The lowest BCUT2D eigenvalue weighted by Crippen LogP contribution is -2.48. The molecule has 4 rings (SSSR count). The van der Waals surface area contributed by atoms with Crippen LogP contribution in [-0.2, 0) is 16.0 Å². The van der Waals surface area contributed by atoms with Gasteiger partial charge in [0.25, 0.3) is 0 Å². The van der Waals surface area contributed by atoms with Crippen LogP contribution in [0.2, 0.25) is 0 Å². The summed E-state index contributed by atoms with van der Waals surface area (Å²) in [5, 5.41) is 0. The third-order valence-electron chi connectivity index (χ3n) is 7.43. The Bertz CT molecular complexity index is 814. The highest BCUT2D eigenvalue weighted by Crippen LogP contribution is 2.49. The van der Waals surface area contributed by atoms with Crippen molar-refractivity contribution >= 4 is 12.1 Å². The first-order valence-electron chi connectivity index (χ1n) is 12.3. The van der Waals surface area contributed by atoms with Crippen LogP contribution in [0.4, 0.5) is 8.78 Å². The molecule has 2 saturated heterocycles. The second kappa shape index (κ2) is 12.6. The van der Waals surface area contributed by atoms with Crippen LogP contribution < -0.4 is 4.74 Å². The number of benzene rings is 1. The monoisotopic (exact) mass is 479 g/mol. The van der Waals surface area contributed by atoms with Crippen LogP contribution in [0.5, 0.6) is 5.75 Å².